The number of carboxylic acid groups (broad SMARTS) is 1. The molecule has 1 atom stereocenters. The number of aliphatic carboxylic acids is 1. The number of nitrogens with zero attached hydrogens (tertiary/aromatic N) is 1. The van der Waals surface area contributed by atoms with Crippen LogP contribution in [0.5, 0.6) is 0 Å². The summed E-state index contributed by atoms with van der Waals surface area (Å²) in [5.74, 6) is -0.731. The molecular weight excluding hydrogens is 250 g/mol. The molecule has 20 heavy (non-hydrogen) atoms. The lowest BCUT2D eigenvalue weighted by Gasteiger charge is -2.15. The Kier molecular flexibility index (Phi) is 3.98. The number of hydrogen-bond donors (Lipinski definition) is 1. The second-order valence-electron chi connectivity index (χ2n) is 6.09. The molecular formula is C17H24NO2+. The molecule has 1 aliphatic rings. The van der Waals surface area contributed by atoms with E-state index in [1.807, 2.05) is 22.8 Å². The summed E-state index contributed by atoms with van der Waals surface area (Å²) >= 11 is 0. The van der Waals surface area contributed by atoms with E-state index in [9.17, 15) is 9.90 Å². The molecule has 1 N–H and O–H groups in total. The van der Waals surface area contributed by atoms with Crippen LogP contribution in [0, 0.1) is 0 Å². The molecule has 2 rings (SSSR count). The van der Waals surface area contributed by atoms with Crippen molar-refractivity contribution >= 4 is 17.4 Å². The standard InChI is InChI=1S/C17H23NO2/c1-5-6-10-15(16(19)20)18-12(2)17(3,4)13-9-7-8-11-14(13)18/h7-9,11,15H,5-6,10H2,1-4H3/p+1. The summed E-state index contributed by atoms with van der Waals surface area (Å²) in [4.78, 5) is 11.7. The molecule has 0 fully saturated rings. The van der Waals surface area contributed by atoms with E-state index in [1.165, 1.54) is 5.56 Å². The largest absolute Gasteiger partial charge is 0.476 e. The quantitative estimate of drug-likeness (QED) is 0.831. The predicted octanol–water partition coefficient (Wildman–Crippen LogP) is 3.73. The zero-order chi connectivity index (χ0) is 14.9. The van der Waals surface area contributed by atoms with Gasteiger partial charge in [-0.05, 0) is 20.3 Å². The maximum absolute atomic E-state index is 11.7. The third kappa shape index (κ3) is 2.26. The first kappa shape index (κ1) is 14.8. The van der Waals surface area contributed by atoms with Crippen LogP contribution in [0.15, 0.2) is 24.3 Å². The Morgan fingerprint density at radius 3 is 2.60 bits per heavy atom. The van der Waals surface area contributed by atoms with Gasteiger partial charge in [-0.1, -0.05) is 31.5 Å². The van der Waals surface area contributed by atoms with Crippen LogP contribution in [-0.4, -0.2) is 27.4 Å². The summed E-state index contributed by atoms with van der Waals surface area (Å²) in [6.07, 6.45) is 2.64. The minimum absolute atomic E-state index is 0.101. The fourth-order valence-corrected chi connectivity index (χ4v) is 3.05. The number of unbranched alkanes of at least 4 members (excludes halogenated alkanes) is 1. The zero-order valence-electron chi connectivity index (χ0n) is 12.8. The van der Waals surface area contributed by atoms with Crippen molar-refractivity contribution in [1.29, 1.82) is 0 Å². The van der Waals surface area contributed by atoms with Gasteiger partial charge >= 0.3 is 5.97 Å². The maximum Gasteiger partial charge on any atom is 0.373 e. The highest BCUT2D eigenvalue weighted by atomic mass is 16.4. The van der Waals surface area contributed by atoms with Gasteiger partial charge in [-0.25, -0.2) is 4.79 Å². The van der Waals surface area contributed by atoms with Gasteiger partial charge in [0.1, 0.15) is 0 Å². The van der Waals surface area contributed by atoms with E-state index < -0.39 is 12.0 Å². The van der Waals surface area contributed by atoms with Crippen molar-refractivity contribution in [3.8, 4) is 0 Å². The number of fused-ring (bicyclic) bond motifs is 1. The average Bonchev–Trinajstić information content (AvgIpc) is 2.60. The normalized spacial score (nSPS) is 18.0. The Labute approximate surface area is 121 Å². The molecule has 1 aromatic rings. The van der Waals surface area contributed by atoms with Crippen LogP contribution in [0.2, 0.25) is 0 Å². The van der Waals surface area contributed by atoms with Gasteiger partial charge in [0.25, 0.3) is 6.04 Å². The number of benzene rings is 1. The van der Waals surface area contributed by atoms with Gasteiger partial charge in [-0.3, -0.25) is 0 Å². The van der Waals surface area contributed by atoms with E-state index in [-0.39, 0.29) is 5.41 Å². The van der Waals surface area contributed by atoms with Crippen molar-refractivity contribution in [2.24, 2.45) is 0 Å². The van der Waals surface area contributed by atoms with Gasteiger partial charge in [0.05, 0.1) is 5.41 Å². The fourth-order valence-electron chi connectivity index (χ4n) is 3.05. The van der Waals surface area contributed by atoms with Gasteiger partial charge in [0.15, 0.2) is 5.71 Å². The van der Waals surface area contributed by atoms with Crippen molar-refractivity contribution in [3.05, 3.63) is 29.8 Å². The average molecular weight is 274 g/mol. The second kappa shape index (κ2) is 5.39. The molecule has 0 amide bonds. The summed E-state index contributed by atoms with van der Waals surface area (Å²) < 4.78 is 2.04. The maximum atomic E-state index is 11.7. The summed E-state index contributed by atoms with van der Waals surface area (Å²) in [7, 11) is 0. The molecule has 0 spiro atoms. The van der Waals surface area contributed by atoms with Gasteiger partial charge < -0.3 is 5.11 Å². The van der Waals surface area contributed by atoms with Crippen molar-refractivity contribution in [2.45, 2.75) is 58.4 Å². The molecule has 0 aliphatic carbocycles. The third-order valence-electron chi connectivity index (χ3n) is 4.53. The monoisotopic (exact) mass is 274 g/mol. The highest BCUT2D eigenvalue weighted by molar-refractivity contribution is 5.94. The van der Waals surface area contributed by atoms with Crippen molar-refractivity contribution in [2.75, 3.05) is 0 Å². The number of rotatable bonds is 5. The predicted molar refractivity (Wildman–Crippen MR) is 81.0 cm³/mol. The molecule has 0 saturated carbocycles. The minimum Gasteiger partial charge on any atom is -0.476 e. The van der Waals surface area contributed by atoms with Crippen LogP contribution in [0.25, 0.3) is 0 Å². The molecule has 3 nitrogen and oxygen atoms in total. The van der Waals surface area contributed by atoms with E-state index in [1.54, 1.807) is 0 Å². The van der Waals surface area contributed by atoms with E-state index in [2.05, 4.69) is 33.8 Å². The van der Waals surface area contributed by atoms with Crippen LogP contribution < -0.4 is 0 Å². The van der Waals surface area contributed by atoms with Crippen LogP contribution in [0.1, 0.15) is 52.5 Å². The molecule has 0 saturated heterocycles. The van der Waals surface area contributed by atoms with E-state index in [0.717, 1.165) is 24.2 Å². The lowest BCUT2D eigenvalue weighted by molar-refractivity contribution is -0.472. The van der Waals surface area contributed by atoms with Gasteiger partial charge in [-0.15, -0.1) is 0 Å². The number of para-hydroxylation sites is 1. The van der Waals surface area contributed by atoms with Gasteiger partial charge in [-0.2, -0.15) is 4.58 Å². The van der Waals surface area contributed by atoms with Gasteiger partial charge in [0, 0.05) is 25.0 Å². The highest BCUT2D eigenvalue weighted by Gasteiger charge is 2.47. The molecule has 1 aliphatic heterocycles. The SMILES string of the molecule is CCCCC(C(=O)O)[N+]1=C(C)C(C)(C)c2ccccc21. The summed E-state index contributed by atoms with van der Waals surface area (Å²) in [6, 6.07) is 7.70. The smallest absolute Gasteiger partial charge is 0.373 e. The fraction of sp³-hybridized carbons (Fsp3) is 0.529. The molecule has 1 aromatic carbocycles. The Morgan fingerprint density at radius 1 is 1.35 bits per heavy atom. The number of hydrogen-bond acceptors (Lipinski definition) is 1. The van der Waals surface area contributed by atoms with E-state index in [4.69, 9.17) is 0 Å². The summed E-state index contributed by atoms with van der Waals surface area (Å²) in [5.41, 5.74) is 3.30. The first-order valence-electron chi connectivity index (χ1n) is 7.36. The molecule has 0 aromatic heterocycles. The van der Waals surface area contributed by atoms with E-state index >= 15 is 0 Å². The third-order valence-corrected chi connectivity index (χ3v) is 4.53. The van der Waals surface area contributed by atoms with Gasteiger partial charge in [0.2, 0.25) is 5.69 Å². The Morgan fingerprint density at radius 2 is 2.00 bits per heavy atom. The van der Waals surface area contributed by atoms with Crippen molar-refractivity contribution in [3.63, 3.8) is 0 Å². The lowest BCUT2D eigenvalue weighted by atomic mass is 9.82. The van der Waals surface area contributed by atoms with Crippen LogP contribution >= 0.6 is 0 Å². The first-order valence-corrected chi connectivity index (χ1v) is 7.36. The Balaban J connectivity index is 2.53. The molecule has 0 bridgehead atoms. The molecule has 1 heterocycles. The van der Waals surface area contributed by atoms with E-state index in [0.29, 0.717) is 6.42 Å². The molecule has 1 unspecified atom stereocenters. The summed E-state index contributed by atoms with van der Waals surface area (Å²) in [5, 5.41) is 9.62. The molecule has 3 heteroatoms. The summed E-state index contributed by atoms with van der Waals surface area (Å²) in [6.45, 7) is 8.49. The number of carbonyl (C=O) groups is 1. The Bertz CT molecular complexity index is 558. The lowest BCUT2D eigenvalue weighted by Crippen LogP contribution is -2.36. The highest BCUT2D eigenvalue weighted by Crippen LogP contribution is 2.40. The topological polar surface area (TPSA) is 40.3 Å². The van der Waals surface area contributed by atoms with Crippen LogP contribution in [0.4, 0.5) is 5.69 Å². The Hall–Kier alpha value is -1.64. The molecule has 0 radical (unpaired) electrons. The minimum atomic E-state index is -0.731. The van der Waals surface area contributed by atoms with Crippen LogP contribution in [-0.2, 0) is 10.2 Å². The zero-order valence-corrected chi connectivity index (χ0v) is 12.8. The second-order valence-corrected chi connectivity index (χ2v) is 6.09. The van der Waals surface area contributed by atoms with Crippen LogP contribution in [0.3, 0.4) is 0 Å². The first-order chi connectivity index (χ1) is 9.41. The van der Waals surface area contributed by atoms with Crippen molar-refractivity contribution in [1.82, 2.24) is 0 Å². The van der Waals surface area contributed by atoms with Crippen molar-refractivity contribution < 1.29 is 14.5 Å². The number of carboxylic acids is 1. The molecule has 108 valence electrons.